The van der Waals surface area contributed by atoms with Gasteiger partial charge in [-0.1, -0.05) is 0 Å². The number of halogens is 3. The van der Waals surface area contributed by atoms with Gasteiger partial charge in [0.25, 0.3) is 6.43 Å². The molecular weight excluding hydrogens is 244 g/mol. The third-order valence-electron chi connectivity index (χ3n) is 1.58. The monoisotopic (exact) mass is 249 g/mol. The Morgan fingerprint density at radius 2 is 2.23 bits per heavy atom. The van der Waals surface area contributed by atoms with Crippen LogP contribution in [0.25, 0.3) is 0 Å². The number of aryl methyl sites for hydroxylation is 1. The van der Waals surface area contributed by atoms with E-state index in [4.69, 9.17) is 0 Å². The molecule has 0 aliphatic heterocycles. The van der Waals surface area contributed by atoms with E-state index in [-0.39, 0.29) is 5.56 Å². The highest BCUT2D eigenvalue weighted by Crippen LogP contribution is 2.27. The Morgan fingerprint density at radius 3 is 2.69 bits per heavy atom. The maximum atomic E-state index is 12.3. The van der Waals surface area contributed by atoms with E-state index >= 15 is 0 Å². The van der Waals surface area contributed by atoms with E-state index in [1.54, 1.807) is 6.92 Å². The number of rotatable bonds is 2. The zero-order valence-corrected chi connectivity index (χ0v) is 8.31. The molecule has 1 aromatic heterocycles. The molecule has 0 saturated carbocycles. The minimum atomic E-state index is -2.72. The molecule has 0 radical (unpaired) electrons. The van der Waals surface area contributed by atoms with Crippen molar-refractivity contribution < 1.29 is 13.6 Å². The summed E-state index contributed by atoms with van der Waals surface area (Å²) in [5, 5.41) is 0. The van der Waals surface area contributed by atoms with Crippen LogP contribution >= 0.6 is 15.9 Å². The van der Waals surface area contributed by atoms with E-state index in [9.17, 15) is 13.6 Å². The molecule has 0 unspecified atom stereocenters. The molecule has 1 aromatic rings. The van der Waals surface area contributed by atoms with Crippen LogP contribution in [0.5, 0.6) is 0 Å². The van der Waals surface area contributed by atoms with Crippen LogP contribution in [0.1, 0.15) is 28.0 Å². The second kappa shape index (κ2) is 3.91. The van der Waals surface area contributed by atoms with Crippen molar-refractivity contribution >= 4 is 22.2 Å². The van der Waals surface area contributed by atoms with Gasteiger partial charge in [-0.25, -0.2) is 8.78 Å². The lowest BCUT2D eigenvalue weighted by atomic mass is 10.1. The zero-order chi connectivity index (χ0) is 10.0. The van der Waals surface area contributed by atoms with Crippen molar-refractivity contribution in [2.24, 2.45) is 0 Å². The molecule has 0 aliphatic rings. The number of nitrogens with zero attached hydrogens (tertiary/aromatic N) is 1. The van der Waals surface area contributed by atoms with E-state index in [0.717, 1.165) is 0 Å². The molecule has 5 heteroatoms. The summed E-state index contributed by atoms with van der Waals surface area (Å²) in [6.45, 7) is 1.68. The summed E-state index contributed by atoms with van der Waals surface area (Å²) in [6, 6.07) is 0. The van der Waals surface area contributed by atoms with Gasteiger partial charge in [-0.3, -0.25) is 9.78 Å². The summed E-state index contributed by atoms with van der Waals surface area (Å²) in [4.78, 5) is 14.0. The van der Waals surface area contributed by atoms with Crippen molar-refractivity contribution in [3.63, 3.8) is 0 Å². The van der Waals surface area contributed by atoms with Gasteiger partial charge in [0.2, 0.25) is 0 Å². The van der Waals surface area contributed by atoms with Gasteiger partial charge in [-0.2, -0.15) is 0 Å². The predicted molar refractivity (Wildman–Crippen MR) is 47.0 cm³/mol. The number of hydrogen-bond acceptors (Lipinski definition) is 2. The molecule has 2 nitrogen and oxygen atoms in total. The molecule has 1 rings (SSSR count). The first kappa shape index (κ1) is 10.2. The average Bonchev–Trinajstić information content (AvgIpc) is 2.09. The molecule has 0 aromatic carbocycles. The van der Waals surface area contributed by atoms with E-state index < -0.39 is 12.1 Å². The number of carbonyl (C=O) groups is 1. The lowest BCUT2D eigenvalue weighted by Gasteiger charge is -2.06. The molecule has 0 spiro atoms. The fourth-order valence-corrected chi connectivity index (χ4v) is 1.30. The number of pyridine rings is 1. The second-order valence-corrected chi connectivity index (χ2v) is 3.27. The number of alkyl halides is 2. The third kappa shape index (κ3) is 1.91. The Morgan fingerprint density at radius 1 is 1.62 bits per heavy atom. The van der Waals surface area contributed by atoms with Crippen LogP contribution in [-0.2, 0) is 0 Å². The molecule has 0 N–H and O–H groups in total. The van der Waals surface area contributed by atoms with Gasteiger partial charge in [0.05, 0.1) is 5.56 Å². The van der Waals surface area contributed by atoms with Gasteiger partial charge in [0, 0.05) is 10.7 Å². The van der Waals surface area contributed by atoms with Gasteiger partial charge < -0.3 is 0 Å². The smallest absolute Gasteiger partial charge is 0.281 e. The SMILES string of the molecule is Cc1cnc(C(F)F)c(C=O)c1Br. The van der Waals surface area contributed by atoms with Crippen molar-refractivity contribution in [2.75, 3.05) is 0 Å². The van der Waals surface area contributed by atoms with Crippen LogP contribution < -0.4 is 0 Å². The standard InChI is InChI=1S/C8H6BrF2NO/c1-4-2-12-7(8(10)11)5(3-13)6(4)9/h2-3,8H,1H3. The van der Waals surface area contributed by atoms with E-state index in [1.807, 2.05) is 0 Å². The van der Waals surface area contributed by atoms with Crippen LogP contribution in [0.15, 0.2) is 10.7 Å². The fourth-order valence-electron chi connectivity index (χ4n) is 0.903. The van der Waals surface area contributed by atoms with E-state index in [0.29, 0.717) is 16.3 Å². The molecule has 70 valence electrons. The van der Waals surface area contributed by atoms with Crippen LogP contribution in [-0.4, -0.2) is 11.3 Å². The van der Waals surface area contributed by atoms with E-state index in [2.05, 4.69) is 20.9 Å². The molecular formula is C8H6BrF2NO. The van der Waals surface area contributed by atoms with Gasteiger partial charge in [0.15, 0.2) is 6.29 Å². The summed E-state index contributed by atoms with van der Waals surface area (Å²) in [5.74, 6) is 0. The number of aldehydes is 1. The Kier molecular flexibility index (Phi) is 3.08. The van der Waals surface area contributed by atoms with Crippen LogP contribution in [0.3, 0.4) is 0 Å². The highest BCUT2D eigenvalue weighted by atomic mass is 79.9. The second-order valence-electron chi connectivity index (χ2n) is 2.47. The van der Waals surface area contributed by atoms with Crippen molar-refractivity contribution in [3.05, 3.63) is 27.5 Å². The van der Waals surface area contributed by atoms with Crippen molar-refractivity contribution in [2.45, 2.75) is 13.3 Å². The van der Waals surface area contributed by atoms with Gasteiger partial charge in [-0.15, -0.1) is 0 Å². The first-order chi connectivity index (χ1) is 6.07. The van der Waals surface area contributed by atoms with Gasteiger partial charge in [-0.05, 0) is 28.4 Å². The van der Waals surface area contributed by atoms with Crippen molar-refractivity contribution in [1.29, 1.82) is 0 Å². The first-order valence-electron chi connectivity index (χ1n) is 3.46. The number of aromatic nitrogens is 1. The highest BCUT2D eigenvalue weighted by molar-refractivity contribution is 9.10. The first-order valence-corrected chi connectivity index (χ1v) is 4.25. The van der Waals surface area contributed by atoms with Crippen LogP contribution in [0.2, 0.25) is 0 Å². The van der Waals surface area contributed by atoms with E-state index in [1.165, 1.54) is 6.20 Å². The largest absolute Gasteiger partial charge is 0.298 e. The maximum absolute atomic E-state index is 12.3. The van der Waals surface area contributed by atoms with Crippen molar-refractivity contribution in [3.8, 4) is 0 Å². The molecule has 0 aliphatic carbocycles. The maximum Gasteiger partial charge on any atom is 0.281 e. The van der Waals surface area contributed by atoms with Crippen LogP contribution in [0, 0.1) is 6.92 Å². The minimum absolute atomic E-state index is 0.0741. The average molecular weight is 250 g/mol. The Bertz CT molecular complexity index is 341. The highest BCUT2D eigenvalue weighted by Gasteiger charge is 2.17. The summed E-state index contributed by atoms with van der Waals surface area (Å²) in [5.41, 5.74) is 0.106. The lowest BCUT2D eigenvalue weighted by Crippen LogP contribution is -2.00. The fraction of sp³-hybridized carbons (Fsp3) is 0.250. The number of carbonyl (C=O) groups excluding carboxylic acids is 1. The Hall–Kier alpha value is -0.840. The van der Waals surface area contributed by atoms with Gasteiger partial charge in [0.1, 0.15) is 5.69 Å². The third-order valence-corrected chi connectivity index (χ3v) is 2.63. The van der Waals surface area contributed by atoms with Gasteiger partial charge >= 0.3 is 0 Å². The molecule has 0 saturated heterocycles. The van der Waals surface area contributed by atoms with Crippen LogP contribution in [0.4, 0.5) is 8.78 Å². The summed E-state index contributed by atoms with van der Waals surface area (Å²) >= 11 is 3.05. The summed E-state index contributed by atoms with van der Waals surface area (Å²) in [7, 11) is 0. The Balaban J connectivity index is 3.38. The zero-order valence-electron chi connectivity index (χ0n) is 6.72. The van der Waals surface area contributed by atoms with Crippen molar-refractivity contribution in [1.82, 2.24) is 4.98 Å². The quantitative estimate of drug-likeness (QED) is 0.755. The minimum Gasteiger partial charge on any atom is -0.298 e. The molecule has 0 fully saturated rings. The summed E-state index contributed by atoms with van der Waals surface area (Å²) in [6.07, 6.45) is -1.04. The predicted octanol–water partition coefficient (Wildman–Crippen LogP) is 2.90. The lowest BCUT2D eigenvalue weighted by molar-refractivity contribution is 0.110. The molecule has 1 heterocycles. The number of hydrogen-bond donors (Lipinski definition) is 0. The Labute approximate surface area is 82.1 Å². The molecule has 13 heavy (non-hydrogen) atoms. The molecule has 0 amide bonds. The summed E-state index contributed by atoms with van der Waals surface area (Å²) < 4.78 is 25.0. The topological polar surface area (TPSA) is 30.0 Å². The molecule has 0 bridgehead atoms. The molecule has 0 atom stereocenters. The normalized spacial score (nSPS) is 10.5.